The number of methoxy groups -OCH3 is 2. The highest BCUT2D eigenvalue weighted by Crippen LogP contribution is 2.20. The Hall–Kier alpha value is -1.27. The number of hydrogen-bond donors (Lipinski definition) is 0. The van der Waals surface area contributed by atoms with Crippen LogP contribution in [-0.2, 0) is 9.47 Å². The van der Waals surface area contributed by atoms with Crippen molar-refractivity contribution in [1.29, 1.82) is 0 Å². The van der Waals surface area contributed by atoms with Crippen molar-refractivity contribution in [2.45, 2.75) is 45.8 Å². The molecule has 0 fully saturated rings. The van der Waals surface area contributed by atoms with Gasteiger partial charge in [0.05, 0.1) is 14.2 Å². The van der Waals surface area contributed by atoms with E-state index in [1.54, 1.807) is 14.2 Å². The monoisotopic (exact) mass is 296 g/mol. The van der Waals surface area contributed by atoms with Gasteiger partial charge < -0.3 is 9.47 Å². The van der Waals surface area contributed by atoms with E-state index in [9.17, 15) is 13.2 Å². The zero-order chi connectivity index (χ0) is 15.8. The molecule has 0 aromatic rings. The molecule has 1 rings (SSSR count). The minimum atomic E-state index is -3.95. The Bertz CT molecular complexity index is 339. The topological polar surface area (TPSA) is 43.2 Å². The molecule has 0 amide bonds. The predicted molar refractivity (Wildman–Crippen MR) is 73.3 cm³/mol. The van der Waals surface area contributed by atoms with Gasteiger partial charge in [0.25, 0.3) is 0 Å². The van der Waals surface area contributed by atoms with Crippen LogP contribution in [-0.4, -0.2) is 44.8 Å². The van der Waals surface area contributed by atoms with Crippen LogP contribution < -0.4 is 0 Å². The standard InChI is InChI=1S/C9H16N2O2.C4H7F3/c1-6(2)8-9(13-4)10-5-7(11-8)12-3;1-2-3-4(5,6)7/h6,8H,5H2,1-4H3;2-3H2,1H3. The van der Waals surface area contributed by atoms with Crippen LogP contribution >= 0.6 is 0 Å². The quantitative estimate of drug-likeness (QED) is 0.783. The van der Waals surface area contributed by atoms with E-state index < -0.39 is 12.6 Å². The summed E-state index contributed by atoms with van der Waals surface area (Å²) in [5.74, 6) is 1.76. The summed E-state index contributed by atoms with van der Waals surface area (Å²) in [5.41, 5.74) is 0. The highest BCUT2D eigenvalue weighted by Gasteiger charge is 2.25. The third kappa shape index (κ3) is 7.35. The average molecular weight is 296 g/mol. The minimum absolute atomic E-state index is 0.00806. The van der Waals surface area contributed by atoms with Gasteiger partial charge >= 0.3 is 6.18 Å². The highest BCUT2D eigenvalue weighted by molar-refractivity contribution is 5.91. The van der Waals surface area contributed by atoms with Crippen molar-refractivity contribution in [3.8, 4) is 0 Å². The molecule has 1 unspecified atom stereocenters. The second kappa shape index (κ2) is 8.81. The molecule has 20 heavy (non-hydrogen) atoms. The molecule has 7 heteroatoms. The first-order valence-corrected chi connectivity index (χ1v) is 6.50. The number of rotatable bonds is 2. The zero-order valence-corrected chi connectivity index (χ0v) is 12.6. The van der Waals surface area contributed by atoms with Crippen molar-refractivity contribution in [3.05, 3.63) is 0 Å². The van der Waals surface area contributed by atoms with Crippen LogP contribution in [0.25, 0.3) is 0 Å². The summed E-state index contributed by atoms with van der Waals surface area (Å²) in [7, 11) is 3.24. The highest BCUT2D eigenvalue weighted by atomic mass is 19.4. The van der Waals surface area contributed by atoms with E-state index in [-0.39, 0.29) is 12.5 Å². The molecule has 0 saturated heterocycles. The van der Waals surface area contributed by atoms with Gasteiger partial charge in [0.2, 0.25) is 11.8 Å². The lowest BCUT2D eigenvalue weighted by molar-refractivity contribution is -0.134. The van der Waals surface area contributed by atoms with Gasteiger partial charge in [-0.2, -0.15) is 13.2 Å². The van der Waals surface area contributed by atoms with E-state index in [0.29, 0.717) is 24.3 Å². The smallest absolute Gasteiger partial charge is 0.389 e. The van der Waals surface area contributed by atoms with Crippen LogP contribution in [0.2, 0.25) is 0 Å². The van der Waals surface area contributed by atoms with E-state index in [4.69, 9.17) is 9.47 Å². The molecule has 118 valence electrons. The number of halogens is 3. The molecular formula is C13H23F3N2O2. The van der Waals surface area contributed by atoms with Crippen molar-refractivity contribution in [2.75, 3.05) is 20.8 Å². The third-order valence-electron chi connectivity index (χ3n) is 2.52. The van der Waals surface area contributed by atoms with Crippen molar-refractivity contribution < 1.29 is 22.6 Å². The summed E-state index contributed by atoms with van der Waals surface area (Å²) < 4.78 is 43.4. The number of nitrogens with zero attached hydrogens (tertiary/aromatic N) is 2. The summed E-state index contributed by atoms with van der Waals surface area (Å²) >= 11 is 0. The van der Waals surface area contributed by atoms with Crippen LogP contribution in [0.5, 0.6) is 0 Å². The first-order chi connectivity index (χ1) is 9.25. The Morgan fingerprint density at radius 3 is 2.15 bits per heavy atom. The number of aliphatic imine (C=N–C) groups is 2. The Morgan fingerprint density at radius 1 is 1.25 bits per heavy atom. The Kier molecular flexibility index (Phi) is 8.25. The van der Waals surface area contributed by atoms with Crippen molar-refractivity contribution in [3.63, 3.8) is 0 Å². The lowest BCUT2D eigenvalue weighted by Crippen LogP contribution is -2.32. The Balaban J connectivity index is 0.000000441. The lowest BCUT2D eigenvalue weighted by atomic mass is 10.0. The van der Waals surface area contributed by atoms with Crippen LogP contribution in [0.4, 0.5) is 13.2 Å². The Labute approximate surface area is 118 Å². The van der Waals surface area contributed by atoms with Crippen LogP contribution in [0.15, 0.2) is 9.98 Å². The van der Waals surface area contributed by atoms with Crippen molar-refractivity contribution in [2.24, 2.45) is 15.9 Å². The number of hydrogen-bond acceptors (Lipinski definition) is 4. The minimum Gasteiger partial charge on any atom is -0.483 e. The van der Waals surface area contributed by atoms with Crippen molar-refractivity contribution in [1.82, 2.24) is 0 Å². The fourth-order valence-electron chi connectivity index (χ4n) is 1.51. The molecular weight excluding hydrogens is 273 g/mol. The summed E-state index contributed by atoms with van der Waals surface area (Å²) in [4.78, 5) is 8.63. The van der Waals surface area contributed by atoms with Crippen LogP contribution in [0.3, 0.4) is 0 Å². The molecule has 4 nitrogen and oxygen atoms in total. The van der Waals surface area contributed by atoms with E-state index in [2.05, 4.69) is 23.8 Å². The normalized spacial score (nSPS) is 18.8. The molecule has 1 heterocycles. The predicted octanol–water partition coefficient (Wildman–Crippen LogP) is 3.46. The maximum Gasteiger partial charge on any atom is 0.389 e. The fourth-order valence-corrected chi connectivity index (χ4v) is 1.51. The van der Waals surface area contributed by atoms with Gasteiger partial charge in [0.15, 0.2) is 0 Å². The molecule has 0 aliphatic carbocycles. The number of alkyl halides is 3. The first-order valence-electron chi connectivity index (χ1n) is 6.50. The third-order valence-corrected chi connectivity index (χ3v) is 2.52. The van der Waals surface area contributed by atoms with E-state index in [1.807, 2.05) is 0 Å². The second-order valence-electron chi connectivity index (χ2n) is 4.64. The fraction of sp³-hybridized carbons (Fsp3) is 0.846. The molecule has 0 saturated carbocycles. The van der Waals surface area contributed by atoms with Gasteiger partial charge in [-0.25, -0.2) is 9.98 Å². The van der Waals surface area contributed by atoms with Crippen LogP contribution in [0.1, 0.15) is 33.6 Å². The lowest BCUT2D eigenvalue weighted by Gasteiger charge is -2.22. The van der Waals surface area contributed by atoms with E-state index in [1.165, 1.54) is 6.92 Å². The van der Waals surface area contributed by atoms with Gasteiger partial charge in [-0.05, 0) is 12.3 Å². The molecule has 0 aromatic carbocycles. The SMILES string of the molecule is CCCC(F)(F)F.COC1=NC(C(C)C)C(OC)=NC1. The largest absolute Gasteiger partial charge is 0.483 e. The molecule has 1 aliphatic rings. The number of ether oxygens (including phenoxy) is 2. The van der Waals surface area contributed by atoms with Gasteiger partial charge in [0, 0.05) is 6.42 Å². The van der Waals surface area contributed by atoms with Gasteiger partial charge in [0.1, 0.15) is 12.6 Å². The van der Waals surface area contributed by atoms with Crippen LogP contribution in [0, 0.1) is 5.92 Å². The van der Waals surface area contributed by atoms with Gasteiger partial charge in [-0.15, -0.1) is 0 Å². The molecule has 1 aliphatic heterocycles. The molecule has 0 N–H and O–H groups in total. The Morgan fingerprint density at radius 2 is 1.85 bits per heavy atom. The molecule has 0 aromatic heterocycles. The maximum atomic E-state index is 11.1. The van der Waals surface area contributed by atoms with Gasteiger partial charge in [-0.3, -0.25) is 0 Å². The molecule has 0 radical (unpaired) electrons. The molecule has 0 spiro atoms. The maximum absolute atomic E-state index is 11.1. The molecule has 1 atom stereocenters. The van der Waals surface area contributed by atoms with Gasteiger partial charge in [-0.1, -0.05) is 20.8 Å². The summed E-state index contributed by atoms with van der Waals surface area (Å²) in [6.45, 7) is 6.17. The summed E-state index contributed by atoms with van der Waals surface area (Å²) in [6.07, 6.45) is -4.43. The summed E-state index contributed by atoms with van der Waals surface area (Å²) in [5, 5.41) is 0. The van der Waals surface area contributed by atoms with E-state index >= 15 is 0 Å². The van der Waals surface area contributed by atoms with Crippen molar-refractivity contribution >= 4 is 11.8 Å². The zero-order valence-electron chi connectivity index (χ0n) is 12.6. The average Bonchev–Trinajstić information content (AvgIpc) is 2.37. The first kappa shape index (κ1) is 18.7. The van der Waals surface area contributed by atoms with E-state index in [0.717, 1.165) is 0 Å². The summed E-state index contributed by atoms with van der Waals surface area (Å²) in [6, 6.07) is 0.00806. The molecule has 0 bridgehead atoms. The second-order valence-corrected chi connectivity index (χ2v) is 4.64.